The summed E-state index contributed by atoms with van der Waals surface area (Å²) in [6, 6.07) is 8.11. The van der Waals surface area contributed by atoms with Gasteiger partial charge < -0.3 is 4.90 Å². The van der Waals surface area contributed by atoms with E-state index in [0.29, 0.717) is 20.9 Å². The molecule has 0 N–H and O–H groups in total. The van der Waals surface area contributed by atoms with E-state index in [4.69, 9.17) is 0 Å². The van der Waals surface area contributed by atoms with Crippen molar-refractivity contribution in [2.24, 2.45) is 7.05 Å². The van der Waals surface area contributed by atoms with Crippen LogP contribution in [0.1, 0.15) is 33.5 Å². The number of aryl methyl sites for hydroxylation is 2. The lowest BCUT2D eigenvalue weighted by atomic mass is 10.1. The second-order valence-corrected chi connectivity index (χ2v) is 7.62. The summed E-state index contributed by atoms with van der Waals surface area (Å²) < 4.78 is 1.53. The van der Waals surface area contributed by atoms with Crippen LogP contribution in [0.2, 0.25) is 0 Å². The highest BCUT2D eigenvalue weighted by molar-refractivity contribution is 7.20. The SMILES string of the molecule is Cc1c(C(=O)N2c3ccccc3CC2C)sc2nc(C)n(C)c(=O)c12. The number of para-hydroxylation sites is 1. The van der Waals surface area contributed by atoms with E-state index in [0.717, 1.165) is 17.7 Å². The fraction of sp³-hybridized carbons (Fsp3) is 0.316. The number of carbonyl (C=O) groups excluding carboxylic acids is 1. The number of aromatic nitrogens is 2. The average Bonchev–Trinajstić information content (AvgIpc) is 3.08. The smallest absolute Gasteiger partial charge is 0.268 e. The number of fused-ring (bicyclic) bond motifs is 2. The van der Waals surface area contributed by atoms with E-state index >= 15 is 0 Å². The lowest BCUT2D eigenvalue weighted by molar-refractivity contribution is 0.0985. The first-order valence-electron chi connectivity index (χ1n) is 8.28. The van der Waals surface area contributed by atoms with Crippen molar-refractivity contribution in [2.75, 3.05) is 4.90 Å². The Labute approximate surface area is 149 Å². The van der Waals surface area contributed by atoms with Gasteiger partial charge in [-0.3, -0.25) is 14.2 Å². The minimum absolute atomic E-state index is 0.0438. The van der Waals surface area contributed by atoms with Gasteiger partial charge in [0.05, 0.1) is 10.3 Å². The number of nitrogens with zero attached hydrogens (tertiary/aromatic N) is 3. The Morgan fingerprint density at radius 1 is 1.28 bits per heavy atom. The highest BCUT2D eigenvalue weighted by Gasteiger charge is 2.33. The molecular weight excluding hydrogens is 334 g/mol. The molecule has 25 heavy (non-hydrogen) atoms. The van der Waals surface area contributed by atoms with Crippen molar-refractivity contribution in [3.8, 4) is 0 Å². The predicted molar refractivity (Wildman–Crippen MR) is 101 cm³/mol. The standard InChI is InChI=1S/C19H19N3O2S/c1-10-9-13-7-5-6-8-14(13)22(10)19(24)16-11(2)15-17(25-16)20-12(3)21(4)18(15)23/h5-8,10H,9H2,1-4H3. The molecule has 1 unspecified atom stereocenters. The summed E-state index contributed by atoms with van der Waals surface area (Å²) in [6.07, 6.45) is 0.852. The Morgan fingerprint density at radius 3 is 2.76 bits per heavy atom. The molecule has 0 bridgehead atoms. The van der Waals surface area contributed by atoms with Crippen molar-refractivity contribution in [2.45, 2.75) is 33.2 Å². The zero-order valence-electron chi connectivity index (χ0n) is 14.7. The molecule has 3 aromatic rings. The van der Waals surface area contributed by atoms with Crippen molar-refractivity contribution in [1.82, 2.24) is 9.55 Å². The molecule has 128 valence electrons. The third-order valence-electron chi connectivity index (χ3n) is 5.02. The molecule has 0 aliphatic carbocycles. The molecule has 1 atom stereocenters. The van der Waals surface area contributed by atoms with Gasteiger partial charge in [-0.05, 0) is 44.4 Å². The molecular formula is C19H19N3O2S. The van der Waals surface area contributed by atoms with Crippen molar-refractivity contribution < 1.29 is 4.79 Å². The van der Waals surface area contributed by atoms with Crippen LogP contribution in [0.3, 0.4) is 0 Å². The Hall–Kier alpha value is -2.47. The van der Waals surface area contributed by atoms with Crippen LogP contribution in [0.4, 0.5) is 5.69 Å². The minimum Gasteiger partial charge on any atom is -0.304 e. The Morgan fingerprint density at radius 2 is 2.00 bits per heavy atom. The molecule has 0 radical (unpaired) electrons. The first-order valence-corrected chi connectivity index (χ1v) is 9.10. The van der Waals surface area contributed by atoms with Gasteiger partial charge in [0, 0.05) is 18.8 Å². The maximum absolute atomic E-state index is 13.3. The maximum Gasteiger partial charge on any atom is 0.268 e. The summed E-state index contributed by atoms with van der Waals surface area (Å²) in [6.45, 7) is 5.70. The molecule has 0 fully saturated rings. The number of benzene rings is 1. The number of hydrogen-bond acceptors (Lipinski definition) is 4. The number of anilines is 1. The van der Waals surface area contributed by atoms with Crippen LogP contribution in [0, 0.1) is 13.8 Å². The van der Waals surface area contributed by atoms with E-state index in [-0.39, 0.29) is 17.5 Å². The van der Waals surface area contributed by atoms with Crippen molar-refractivity contribution >= 4 is 33.1 Å². The second kappa shape index (κ2) is 5.52. The Kier molecular flexibility index (Phi) is 3.54. The van der Waals surface area contributed by atoms with Gasteiger partial charge in [0.1, 0.15) is 10.7 Å². The summed E-state index contributed by atoms with van der Waals surface area (Å²) in [4.78, 5) is 33.5. The van der Waals surface area contributed by atoms with Gasteiger partial charge in [-0.25, -0.2) is 4.98 Å². The van der Waals surface area contributed by atoms with E-state index < -0.39 is 0 Å². The first-order chi connectivity index (χ1) is 11.9. The fourth-order valence-corrected chi connectivity index (χ4v) is 4.71. The zero-order chi connectivity index (χ0) is 17.9. The topological polar surface area (TPSA) is 55.2 Å². The van der Waals surface area contributed by atoms with Crippen molar-refractivity contribution in [3.05, 3.63) is 56.4 Å². The summed E-state index contributed by atoms with van der Waals surface area (Å²) in [5.74, 6) is 0.607. The average molecular weight is 353 g/mol. The number of carbonyl (C=O) groups is 1. The Balaban J connectivity index is 1.88. The number of thiophene rings is 1. The van der Waals surface area contributed by atoms with Crippen molar-refractivity contribution in [1.29, 1.82) is 0 Å². The lowest BCUT2D eigenvalue weighted by Crippen LogP contribution is -2.35. The zero-order valence-corrected chi connectivity index (χ0v) is 15.5. The van der Waals surface area contributed by atoms with Gasteiger partial charge >= 0.3 is 0 Å². The molecule has 1 amide bonds. The second-order valence-electron chi connectivity index (χ2n) is 6.62. The first kappa shape index (κ1) is 16.0. The van der Waals surface area contributed by atoms with Crippen LogP contribution >= 0.6 is 11.3 Å². The third kappa shape index (κ3) is 2.24. The number of amides is 1. The van der Waals surface area contributed by atoms with Crippen LogP contribution in [-0.2, 0) is 13.5 Å². The van der Waals surface area contributed by atoms with E-state index in [1.165, 1.54) is 21.5 Å². The molecule has 5 nitrogen and oxygen atoms in total. The van der Waals surface area contributed by atoms with Gasteiger partial charge in [-0.15, -0.1) is 11.3 Å². The Bertz CT molecular complexity index is 1080. The van der Waals surface area contributed by atoms with Crippen LogP contribution in [0.5, 0.6) is 0 Å². The molecule has 1 aromatic carbocycles. The minimum atomic E-state index is -0.0924. The summed E-state index contributed by atoms with van der Waals surface area (Å²) in [5, 5.41) is 0.557. The third-order valence-corrected chi connectivity index (χ3v) is 6.19. The van der Waals surface area contributed by atoms with E-state index in [1.807, 2.05) is 30.0 Å². The quantitative estimate of drug-likeness (QED) is 0.675. The molecule has 0 saturated heterocycles. The molecule has 4 rings (SSSR count). The largest absolute Gasteiger partial charge is 0.304 e. The van der Waals surface area contributed by atoms with Gasteiger partial charge in [-0.2, -0.15) is 0 Å². The molecule has 1 aliphatic rings. The van der Waals surface area contributed by atoms with E-state index in [1.54, 1.807) is 14.0 Å². The molecule has 6 heteroatoms. The van der Waals surface area contributed by atoms with Gasteiger partial charge in [-0.1, -0.05) is 18.2 Å². The number of rotatable bonds is 1. The highest BCUT2D eigenvalue weighted by atomic mass is 32.1. The van der Waals surface area contributed by atoms with Crippen LogP contribution in [0.25, 0.3) is 10.2 Å². The normalized spacial score (nSPS) is 16.5. The summed E-state index contributed by atoms with van der Waals surface area (Å²) in [5.41, 5.74) is 2.79. The van der Waals surface area contributed by atoms with E-state index in [2.05, 4.69) is 18.0 Å². The van der Waals surface area contributed by atoms with Crippen LogP contribution in [-0.4, -0.2) is 21.5 Å². The molecule has 0 spiro atoms. The highest BCUT2D eigenvalue weighted by Crippen LogP contribution is 2.36. The summed E-state index contributed by atoms with van der Waals surface area (Å²) in [7, 11) is 1.71. The molecule has 2 aromatic heterocycles. The van der Waals surface area contributed by atoms with Crippen LogP contribution < -0.4 is 10.5 Å². The predicted octanol–water partition coefficient (Wildman–Crippen LogP) is 3.20. The maximum atomic E-state index is 13.3. The van der Waals surface area contributed by atoms with Crippen LogP contribution in [0.15, 0.2) is 29.1 Å². The van der Waals surface area contributed by atoms with E-state index in [9.17, 15) is 9.59 Å². The molecule has 1 aliphatic heterocycles. The van der Waals surface area contributed by atoms with Gasteiger partial charge in [0.2, 0.25) is 0 Å². The van der Waals surface area contributed by atoms with Crippen molar-refractivity contribution in [3.63, 3.8) is 0 Å². The van der Waals surface area contributed by atoms with Gasteiger partial charge in [0.25, 0.3) is 11.5 Å². The lowest BCUT2D eigenvalue weighted by Gasteiger charge is -2.22. The van der Waals surface area contributed by atoms with Gasteiger partial charge in [0.15, 0.2) is 0 Å². The summed E-state index contributed by atoms with van der Waals surface area (Å²) >= 11 is 1.32. The number of hydrogen-bond donors (Lipinski definition) is 0. The molecule has 3 heterocycles. The monoisotopic (exact) mass is 353 g/mol. The fourth-order valence-electron chi connectivity index (χ4n) is 3.55. The molecule has 0 saturated carbocycles.